The molecule has 0 aromatic heterocycles. The zero-order chi connectivity index (χ0) is 23.8. The lowest BCUT2D eigenvalue weighted by molar-refractivity contribution is -0.290. The first-order valence-electron chi connectivity index (χ1n) is 10.0. The molecule has 0 aliphatic carbocycles. The topological polar surface area (TPSA) is 138 Å². The second kappa shape index (κ2) is 8.61. The standard InChI is InChI=1S/C20H25F3NO7P/c1-2-3-4-5-6-11-29-16-8-7-14(12-15(16)18(21,22)23)9-10-17(24,13-25)19(26,27)20-30-32(20,28)31-20/h7-8,12,25-27H,2-3,6,9-11,13,24H2,1H3. The Morgan fingerprint density at radius 2 is 1.84 bits per heavy atom. The number of ether oxygens (including phenoxy) is 1. The summed E-state index contributed by atoms with van der Waals surface area (Å²) in [6.07, 6.45) is -3.33. The minimum Gasteiger partial charge on any atom is -0.492 e. The van der Waals surface area contributed by atoms with Gasteiger partial charge in [-0.25, -0.2) is 0 Å². The average Bonchev–Trinajstić information content (AvgIpc) is 3.54. The predicted octanol–water partition coefficient (Wildman–Crippen LogP) is 2.49. The number of fused-ring (bicyclic) bond motifs is 1. The van der Waals surface area contributed by atoms with Crippen LogP contribution in [0, 0.1) is 11.8 Å². The fourth-order valence-corrected chi connectivity index (χ4v) is 5.09. The molecule has 0 amide bonds. The van der Waals surface area contributed by atoms with E-state index in [2.05, 4.69) is 20.9 Å². The number of aliphatic hydroxyl groups is 3. The lowest BCUT2D eigenvalue weighted by Crippen LogP contribution is -2.68. The van der Waals surface area contributed by atoms with Crippen LogP contribution in [0.3, 0.4) is 0 Å². The minimum atomic E-state index is -4.69. The summed E-state index contributed by atoms with van der Waals surface area (Å²) in [4.78, 5) is 0. The third kappa shape index (κ3) is 4.41. The van der Waals surface area contributed by atoms with Crippen LogP contribution in [0.2, 0.25) is 0 Å². The molecule has 12 heteroatoms. The lowest BCUT2D eigenvalue weighted by atomic mass is 9.84. The van der Waals surface area contributed by atoms with Gasteiger partial charge in [-0.1, -0.05) is 18.9 Å². The number of hydrogen-bond acceptors (Lipinski definition) is 8. The van der Waals surface area contributed by atoms with E-state index in [1.54, 1.807) is 0 Å². The van der Waals surface area contributed by atoms with Gasteiger partial charge in [0.25, 0.3) is 5.79 Å². The van der Waals surface area contributed by atoms with Crippen molar-refractivity contribution in [1.29, 1.82) is 0 Å². The largest absolute Gasteiger partial charge is 0.492 e. The van der Waals surface area contributed by atoms with Crippen molar-refractivity contribution < 1.29 is 46.8 Å². The number of aryl methyl sites for hydroxylation is 1. The maximum Gasteiger partial charge on any atom is 0.419 e. The molecule has 2 fully saturated rings. The number of aliphatic hydroxyl groups excluding tert-OH is 1. The first kappa shape index (κ1) is 25.0. The molecule has 0 saturated carbocycles. The lowest BCUT2D eigenvalue weighted by Gasteiger charge is -2.38. The van der Waals surface area contributed by atoms with Crippen LogP contribution in [0.25, 0.3) is 0 Å². The van der Waals surface area contributed by atoms with Crippen molar-refractivity contribution in [3.05, 3.63) is 29.3 Å². The number of halogens is 3. The highest BCUT2D eigenvalue weighted by Gasteiger charge is 3.01. The van der Waals surface area contributed by atoms with Crippen LogP contribution >= 0.6 is 7.60 Å². The van der Waals surface area contributed by atoms with Crippen molar-refractivity contribution in [3.63, 3.8) is 0 Å². The van der Waals surface area contributed by atoms with Crippen LogP contribution in [0.15, 0.2) is 18.2 Å². The molecular formula is C20H25F3NO7P. The van der Waals surface area contributed by atoms with Gasteiger partial charge in [0.1, 0.15) is 5.75 Å². The van der Waals surface area contributed by atoms with Crippen LogP contribution in [0.1, 0.15) is 43.7 Å². The van der Waals surface area contributed by atoms with Crippen LogP contribution in [-0.4, -0.2) is 45.4 Å². The molecule has 0 spiro atoms. The molecule has 8 nitrogen and oxygen atoms in total. The molecule has 1 aromatic carbocycles. The SMILES string of the molecule is CCCC#CCCOc1ccc(CCC(N)(CO)C(O)(O)C23OP2(=O)O3)cc1C(F)(F)F. The molecule has 2 heterocycles. The number of benzene rings is 1. The molecule has 1 aromatic rings. The van der Waals surface area contributed by atoms with E-state index in [1.807, 2.05) is 6.92 Å². The molecular weight excluding hydrogens is 454 g/mol. The zero-order valence-electron chi connectivity index (χ0n) is 17.3. The highest BCUT2D eigenvalue weighted by molar-refractivity contribution is 7.68. The summed E-state index contributed by atoms with van der Waals surface area (Å²) in [5.74, 6) is 2.36. The monoisotopic (exact) mass is 479 g/mol. The van der Waals surface area contributed by atoms with E-state index in [4.69, 9.17) is 10.5 Å². The second-order valence-corrected chi connectivity index (χ2v) is 9.73. The van der Waals surface area contributed by atoms with Gasteiger partial charge in [-0.05, 0) is 37.0 Å². The molecule has 0 radical (unpaired) electrons. The van der Waals surface area contributed by atoms with Crippen LogP contribution < -0.4 is 10.5 Å². The summed E-state index contributed by atoms with van der Waals surface area (Å²) in [6.45, 7) is 0.992. The van der Waals surface area contributed by atoms with Gasteiger partial charge >= 0.3 is 19.3 Å². The van der Waals surface area contributed by atoms with E-state index in [1.165, 1.54) is 12.1 Å². The second-order valence-electron chi connectivity index (χ2n) is 7.78. The van der Waals surface area contributed by atoms with E-state index in [0.29, 0.717) is 6.42 Å². The molecule has 1 atom stereocenters. The van der Waals surface area contributed by atoms with E-state index in [9.17, 15) is 33.1 Å². The summed E-state index contributed by atoms with van der Waals surface area (Å²) in [5.41, 5.74) is 0.741. The number of unbranched alkanes of at least 4 members (excludes halogenated alkanes) is 1. The van der Waals surface area contributed by atoms with E-state index < -0.39 is 42.8 Å². The molecule has 2 saturated heterocycles. The van der Waals surface area contributed by atoms with Gasteiger partial charge in [0.2, 0.25) is 0 Å². The summed E-state index contributed by atoms with van der Waals surface area (Å²) < 4.78 is 66.9. The van der Waals surface area contributed by atoms with Crippen molar-refractivity contribution in [1.82, 2.24) is 0 Å². The van der Waals surface area contributed by atoms with Crippen molar-refractivity contribution in [2.24, 2.45) is 5.73 Å². The van der Waals surface area contributed by atoms with Crippen LogP contribution in [-0.2, 0) is 26.2 Å². The zero-order valence-corrected chi connectivity index (χ0v) is 18.2. The molecule has 2 aliphatic heterocycles. The fraction of sp³-hybridized carbons (Fsp3) is 0.600. The Bertz CT molecular complexity index is 962. The molecule has 32 heavy (non-hydrogen) atoms. The van der Waals surface area contributed by atoms with Crippen molar-refractivity contribution in [2.45, 2.75) is 62.1 Å². The first-order valence-corrected chi connectivity index (χ1v) is 11.5. The van der Waals surface area contributed by atoms with Gasteiger partial charge in [-0.2, -0.15) is 13.2 Å². The first-order chi connectivity index (χ1) is 14.9. The van der Waals surface area contributed by atoms with Gasteiger partial charge in [-0.3, -0.25) is 13.6 Å². The van der Waals surface area contributed by atoms with Gasteiger partial charge in [0, 0.05) is 12.8 Å². The van der Waals surface area contributed by atoms with E-state index in [0.717, 1.165) is 12.5 Å². The normalized spacial score (nSPS) is 25.9. The Morgan fingerprint density at radius 3 is 2.38 bits per heavy atom. The smallest absolute Gasteiger partial charge is 0.419 e. The van der Waals surface area contributed by atoms with E-state index >= 15 is 0 Å². The Hall–Kier alpha value is -1.64. The Labute approximate surface area is 183 Å². The Morgan fingerprint density at radius 1 is 1.22 bits per heavy atom. The van der Waals surface area contributed by atoms with Gasteiger partial charge in [0.15, 0.2) is 0 Å². The van der Waals surface area contributed by atoms with Crippen molar-refractivity contribution >= 4 is 7.60 Å². The highest BCUT2D eigenvalue weighted by atomic mass is 31.2. The van der Waals surface area contributed by atoms with Gasteiger partial charge in [-0.15, -0.1) is 5.92 Å². The minimum absolute atomic E-state index is 0.00471. The van der Waals surface area contributed by atoms with Crippen molar-refractivity contribution in [2.75, 3.05) is 13.2 Å². The molecule has 3 rings (SSSR count). The summed E-state index contributed by atoms with van der Waals surface area (Å²) in [6, 6.07) is 3.42. The van der Waals surface area contributed by atoms with Gasteiger partial charge < -0.3 is 25.8 Å². The Kier molecular flexibility index (Phi) is 6.73. The number of hydrogen-bond donors (Lipinski definition) is 4. The molecule has 0 bridgehead atoms. The molecule has 1 unspecified atom stereocenters. The third-order valence-electron chi connectivity index (χ3n) is 5.39. The number of nitrogens with two attached hydrogens (primary N) is 1. The molecule has 178 valence electrons. The molecule has 2 aliphatic rings. The average molecular weight is 479 g/mol. The number of alkyl halides is 3. The summed E-state index contributed by atoms with van der Waals surface area (Å²) in [7, 11) is -3.60. The van der Waals surface area contributed by atoms with E-state index in [-0.39, 0.29) is 37.2 Å². The highest BCUT2D eigenvalue weighted by Crippen LogP contribution is 3.00. The maximum atomic E-state index is 13.5. The maximum absolute atomic E-state index is 13.5. The quantitative estimate of drug-likeness (QED) is 0.132. The summed E-state index contributed by atoms with van der Waals surface area (Å²) in [5, 5.41) is 30.4. The van der Waals surface area contributed by atoms with Crippen molar-refractivity contribution in [3.8, 4) is 17.6 Å². The fourth-order valence-electron chi connectivity index (χ4n) is 3.25. The molecule has 5 N–H and O–H groups in total. The Balaban J connectivity index is 1.70. The third-order valence-corrected chi connectivity index (χ3v) is 7.27. The van der Waals surface area contributed by atoms with Gasteiger partial charge in [0.05, 0.1) is 24.3 Å². The number of rotatable bonds is 10. The van der Waals surface area contributed by atoms with Crippen LogP contribution in [0.4, 0.5) is 13.2 Å². The predicted molar refractivity (Wildman–Crippen MR) is 106 cm³/mol. The summed E-state index contributed by atoms with van der Waals surface area (Å²) >= 11 is 0. The van der Waals surface area contributed by atoms with Crippen LogP contribution in [0.5, 0.6) is 5.75 Å².